The minimum absolute atomic E-state index is 0.00779. The van der Waals surface area contributed by atoms with Crippen molar-refractivity contribution in [1.82, 2.24) is 15.5 Å². The molecule has 1 aliphatic heterocycles. The number of benzene rings is 1. The first kappa shape index (κ1) is 22.1. The minimum Gasteiger partial charge on any atom is -0.352 e. The lowest BCUT2D eigenvalue weighted by Crippen LogP contribution is -2.45. The molecule has 2 N–H and O–H groups in total. The average Bonchev–Trinajstić information content (AvgIpc) is 2.87. The molecule has 1 saturated carbocycles. The molecule has 1 aromatic rings. The molecule has 0 radical (unpaired) electrons. The van der Waals surface area contributed by atoms with Gasteiger partial charge < -0.3 is 10.6 Å². The standard InChI is InChI=1S/C21H26F3N3O3/c1-20(14-8-7-9-15(12-14)21(22,23)24)18(29)27(19(30)26-20)13-17(28)25-16-10-5-3-2-4-6-11-16/h7-9,12,16H,2-6,10-11,13H2,1H3,(H,25,28)(H,26,30)/t20-/m0/s1. The van der Waals surface area contributed by atoms with E-state index in [1.807, 2.05) is 0 Å². The lowest BCUT2D eigenvalue weighted by Gasteiger charge is -2.24. The van der Waals surface area contributed by atoms with Crippen LogP contribution in [0.5, 0.6) is 0 Å². The van der Waals surface area contributed by atoms with Crippen LogP contribution in [0.3, 0.4) is 0 Å². The van der Waals surface area contributed by atoms with Gasteiger partial charge in [-0.25, -0.2) is 4.79 Å². The van der Waals surface area contributed by atoms with Crippen LogP contribution < -0.4 is 10.6 Å². The third kappa shape index (κ3) is 4.76. The molecular formula is C21H26F3N3O3. The van der Waals surface area contributed by atoms with E-state index < -0.39 is 41.7 Å². The molecule has 0 aromatic heterocycles. The molecule has 30 heavy (non-hydrogen) atoms. The highest BCUT2D eigenvalue weighted by Crippen LogP contribution is 2.34. The van der Waals surface area contributed by atoms with Gasteiger partial charge in [0.1, 0.15) is 12.1 Å². The van der Waals surface area contributed by atoms with Crippen LogP contribution in [0.25, 0.3) is 0 Å². The summed E-state index contributed by atoms with van der Waals surface area (Å²) in [6.07, 6.45) is 2.60. The number of rotatable bonds is 4. The number of amides is 4. The van der Waals surface area contributed by atoms with Crippen molar-refractivity contribution in [2.75, 3.05) is 6.54 Å². The summed E-state index contributed by atoms with van der Waals surface area (Å²) in [5.74, 6) is -1.20. The van der Waals surface area contributed by atoms with Gasteiger partial charge in [0.25, 0.3) is 5.91 Å². The molecule has 0 unspecified atom stereocenters. The van der Waals surface area contributed by atoms with Gasteiger partial charge in [0, 0.05) is 6.04 Å². The highest BCUT2D eigenvalue weighted by Gasteiger charge is 2.50. The van der Waals surface area contributed by atoms with Gasteiger partial charge in [0.05, 0.1) is 5.56 Å². The van der Waals surface area contributed by atoms with Crippen LogP contribution >= 0.6 is 0 Å². The first-order valence-electron chi connectivity index (χ1n) is 10.2. The van der Waals surface area contributed by atoms with E-state index in [0.29, 0.717) is 0 Å². The molecule has 3 rings (SSSR count). The number of halogens is 3. The normalized spacial score (nSPS) is 23.7. The van der Waals surface area contributed by atoms with Crippen molar-refractivity contribution in [3.05, 3.63) is 35.4 Å². The van der Waals surface area contributed by atoms with Crippen LogP contribution in [0.2, 0.25) is 0 Å². The third-order valence-corrected chi connectivity index (χ3v) is 5.81. The van der Waals surface area contributed by atoms with Gasteiger partial charge in [-0.2, -0.15) is 13.2 Å². The smallest absolute Gasteiger partial charge is 0.352 e. The van der Waals surface area contributed by atoms with Crippen molar-refractivity contribution >= 4 is 17.8 Å². The lowest BCUT2D eigenvalue weighted by molar-refractivity contribution is -0.138. The zero-order valence-electron chi connectivity index (χ0n) is 16.8. The number of imide groups is 1. The Labute approximate surface area is 173 Å². The Morgan fingerprint density at radius 1 is 1.17 bits per heavy atom. The predicted octanol–water partition coefficient (Wildman–Crippen LogP) is 3.70. The lowest BCUT2D eigenvalue weighted by atomic mass is 9.90. The molecule has 1 atom stereocenters. The molecule has 1 aromatic carbocycles. The molecule has 1 aliphatic carbocycles. The second kappa shape index (κ2) is 8.65. The number of carbonyl (C=O) groups excluding carboxylic acids is 3. The van der Waals surface area contributed by atoms with Crippen LogP contribution in [0, 0.1) is 0 Å². The van der Waals surface area contributed by atoms with Crippen LogP contribution in [0.4, 0.5) is 18.0 Å². The summed E-state index contributed by atoms with van der Waals surface area (Å²) in [5, 5.41) is 5.33. The van der Waals surface area contributed by atoms with Gasteiger partial charge in [-0.15, -0.1) is 0 Å². The number of nitrogens with zero attached hydrogens (tertiary/aromatic N) is 1. The Morgan fingerprint density at radius 2 is 1.80 bits per heavy atom. The summed E-state index contributed by atoms with van der Waals surface area (Å²) >= 11 is 0. The quantitative estimate of drug-likeness (QED) is 0.722. The number of carbonyl (C=O) groups is 3. The van der Waals surface area contributed by atoms with Gasteiger partial charge in [-0.1, -0.05) is 44.2 Å². The topological polar surface area (TPSA) is 78.5 Å². The highest BCUT2D eigenvalue weighted by atomic mass is 19.4. The highest BCUT2D eigenvalue weighted by molar-refractivity contribution is 6.09. The van der Waals surface area contributed by atoms with E-state index in [1.165, 1.54) is 25.5 Å². The van der Waals surface area contributed by atoms with E-state index in [4.69, 9.17) is 0 Å². The van der Waals surface area contributed by atoms with Crippen molar-refractivity contribution < 1.29 is 27.6 Å². The van der Waals surface area contributed by atoms with Crippen LogP contribution in [-0.2, 0) is 21.3 Å². The second-order valence-corrected chi connectivity index (χ2v) is 8.13. The summed E-state index contributed by atoms with van der Waals surface area (Å²) in [5.41, 5.74) is -2.57. The van der Waals surface area contributed by atoms with Crippen molar-refractivity contribution in [2.24, 2.45) is 0 Å². The summed E-state index contributed by atoms with van der Waals surface area (Å²) in [7, 11) is 0. The zero-order valence-corrected chi connectivity index (χ0v) is 16.8. The van der Waals surface area contributed by atoms with Gasteiger partial charge in [0.2, 0.25) is 5.91 Å². The maximum Gasteiger partial charge on any atom is 0.416 e. The van der Waals surface area contributed by atoms with Crippen LogP contribution in [0.1, 0.15) is 63.0 Å². The minimum atomic E-state index is -4.57. The molecular weight excluding hydrogens is 399 g/mol. The summed E-state index contributed by atoms with van der Waals surface area (Å²) in [6, 6.07) is 3.49. The van der Waals surface area contributed by atoms with Crippen molar-refractivity contribution in [1.29, 1.82) is 0 Å². The Bertz CT molecular complexity index is 819. The van der Waals surface area contributed by atoms with E-state index in [2.05, 4.69) is 10.6 Å². The van der Waals surface area contributed by atoms with Crippen LogP contribution in [0.15, 0.2) is 24.3 Å². The third-order valence-electron chi connectivity index (χ3n) is 5.81. The average molecular weight is 425 g/mol. The fraction of sp³-hybridized carbons (Fsp3) is 0.571. The molecule has 2 fully saturated rings. The SMILES string of the molecule is C[C@@]1(c2cccc(C(F)(F)F)c2)NC(=O)N(CC(=O)NC2CCCCCCC2)C1=O. The largest absolute Gasteiger partial charge is 0.416 e. The number of nitrogens with one attached hydrogen (secondary N) is 2. The molecule has 9 heteroatoms. The van der Waals surface area contributed by atoms with Crippen molar-refractivity contribution in [2.45, 2.75) is 69.6 Å². The van der Waals surface area contributed by atoms with E-state index in [1.54, 1.807) is 0 Å². The zero-order chi connectivity index (χ0) is 21.9. The Kier molecular flexibility index (Phi) is 6.38. The van der Waals surface area contributed by atoms with Crippen molar-refractivity contribution in [3.8, 4) is 0 Å². The molecule has 1 saturated heterocycles. The number of alkyl halides is 3. The van der Waals surface area contributed by atoms with Gasteiger partial charge in [-0.05, 0) is 37.5 Å². The van der Waals surface area contributed by atoms with E-state index in [-0.39, 0.29) is 11.6 Å². The molecule has 1 heterocycles. The Hall–Kier alpha value is -2.58. The number of hydrogen-bond donors (Lipinski definition) is 2. The van der Waals surface area contributed by atoms with Crippen molar-refractivity contribution in [3.63, 3.8) is 0 Å². The molecule has 164 valence electrons. The first-order chi connectivity index (χ1) is 14.1. The molecule has 0 bridgehead atoms. The Balaban J connectivity index is 1.70. The molecule has 2 aliphatic rings. The fourth-order valence-electron chi connectivity index (χ4n) is 4.06. The summed E-state index contributed by atoms with van der Waals surface area (Å²) in [6.45, 7) is 0.880. The molecule has 6 nitrogen and oxygen atoms in total. The molecule has 4 amide bonds. The van der Waals surface area contributed by atoms with E-state index >= 15 is 0 Å². The maximum atomic E-state index is 13.0. The number of urea groups is 1. The maximum absolute atomic E-state index is 13.0. The predicted molar refractivity (Wildman–Crippen MR) is 103 cm³/mol. The summed E-state index contributed by atoms with van der Waals surface area (Å²) in [4.78, 5) is 38.5. The monoisotopic (exact) mass is 425 g/mol. The van der Waals surface area contributed by atoms with E-state index in [9.17, 15) is 27.6 Å². The second-order valence-electron chi connectivity index (χ2n) is 8.13. The van der Waals surface area contributed by atoms with E-state index in [0.717, 1.165) is 55.6 Å². The Morgan fingerprint density at radius 3 is 2.43 bits per heavy atom. The van der Waals surface area contributed by atoms with Gasteiger partial charge >= 0.3 is 12.2 Å². The van der Waals surface area contributed by atoms with Gasteiger partial charge in [-0.3, -0.25) is 14.5 Å². The molecule has 0 spiro atoms. The fourth-order valence-corrected chi connectivity index (χ4v) is 4.06. The first-order valence-corrected chi connectivity index (χ1v) is 10.2. The number of hydrogen-bond acceptors (Lipinski definition) is 3. The van der Waals surface area contributed by atoms with Crippen LogP contribution in [-0.4, -0.2) is 35.3 Å². The van der Waals surface area contributed by atoms with Gasteiger partial charge in [0.15, 0.2) is 0 Å². The summed E-state index contributed by atoms with van der Waals surface area (Å²) < 4.78 is 39.1.